The van der Waals surface area contributed by atoms with Gasteiger partial charge < -0.3 is 10.7 Å². The molecule has 0 radical (unpaired) electrons. The zero-order chi connectivity index (χ0) is 19.8. The highest BCUT2D eigenvalue weighted by molar-refractivity contribution is 6.30. The van der Waals surface area contributed by atoms with Gasteiger partial charge in [0.1, 0.15) is 5.82 Å². The van der Waals surface area contributed by atoms with Gasteiger partial charge in [-0.05, 0) is 61.7 Å². The summed E-state index contributed by atoms with van der Waals surface area (Å²) in [6.45, 7) is 6.16. The van der Waals surface area contributed by atoms with Crippen molar-refractivity contribution in [1.29, 1.82) is 0 Å². The third-order valence-electron chi connectivity index (χ3n) is 5.06. The summed E-state index contributed by atoms with van der Waals surface area (Å²) in [5, 5.41) is 0.697. The summed E-state index contributed by atoms with van der Waals surface area (Å²) in [4.78, 5) is 12.6. The molecule has 2 aromatic carbocycles. The van der Waals surface area contributed by atoms with E-state index in [-0.39, 0.29) is 0 Å². The van der Waals surface area contributed by atoms with E-state index in [1.165, 1.54) is 0 Å². The molecule has 0 amide bonds. The van der Waals surface area contributed by atoms with Crippen molar-refractivity contribution in [3.8, 4) is 33.9 Å². The fraction of sp³-hybridized carbons (Fsp3) is 0.130. The molecule has 0 saturated heterocycles. The number of hydrogen-bond acceptors (Lipinski definition) is 3. The lowest BCUT2D eigenvalue weighted by Gasteiger charge is -2.12. The first-order chi connectivity index (χ1) is 13.5. The van der Waals surface area contributed by atoms with E-state index in [0.717, 1.165) is 56.3 Å². The van der Waals surface area contributed by atoms with Gasteiger partial charge in [0.25, 0.3) is 0 Å². The zero-order valence-corrected chi connectivity index (χ0v) is 16.8. The molecule has 0 unspecified atom stereocenters. The highest BCUT2D eigenvalue weighted by Crippen LogP contribution is 2.37. The molecule has 0 aliphatic rings. The van der Waals surface area contributed by atoms with Gasteiger partial charge in [-0.1, -0.05) is 29.8 Å². The molecule has 0 spiro atoms. The zero-order valence-electron chi connectivity index (χ0n) is 16.0. The van der Waals surface area contributed by atoms with E-state index in [2.05, 4.69) is 23.0 Å². The number of nitrogens with one attached hydrogen (secondary N) is 1. The number of aromatic amines is 1. The summed E-state index contributed by atoms with van der Waals surface area (Å²) in [5.41, 5.74) is 15.2. The molecule has 0 atom stereocenters. The van der Waals surface area contributed by atoms with Crippen LogP contribution in [0.5, 0.6) is 0 Å². The molecular formula is C23H21ClN4. The van der Waals surface area contributed by atoms with E-state index in [1.807, 2.05) is 50.2 Å². The first-order valence-electron chi connectivity index (χ1n) is 9.08. The predicted octanol–water partition coefficient (Wildman–Crippen LogP) is 5.97. The Labute approximate surface area is 169 Å². The Morgan fingerprint density at radius 2 is 1.57 bits per heavy atom. The maximum Gasteiger partial charge on any atom is 0.139 e. The molecule has 0 bridgehead atoms. The lowest BCUT2D eigenvalue weighted by atomic mass is 9.97. The third-order valence-corrected chi connectivity index (χ3v) is 5.31. The third kappa shape index (κ3) is 3.16. The molecule has 2 heterocycles. The number of rotatable bonds is 3. The minimum Gasteiger partial charge on any atom is -0.398 e. The number of hydrogen-bond donors (Lipinski definition) is 2. The summed E-state index contributed by atoms with van der Waals surface area (Å²) in [5.74, 6) is 0.804. The minimum absolute atomic E-state index is 0.697. The molecule has 4 aromatic rings. The average molecular weight is 389 g/mol. The van der Waals surface area contributed by atoms with Gasteiger partial charge in [0.2, 0.25) is 0 Å². The van der Waals surface area contributed by atoms with Crippen molar-refractivity contribution in [3.05, 3.63) is 76.6 Å². The number of imidazole rings is 1. The normalized spacial score (nSPS) is 11.0. The highest BCUT2D eigenvalue weighted by atomic mass is 35.5. The van der Waals surface area contributed by atoms with Crippen LogP contribution in [0.4, 0.5) is 5.69 Å². The number of aryl methyl sites for hydroxylation is 2. The van der Waals surface area contributed by atoms with Gasteiger partial charge in [-0.2, -0.15) is 0 Å². The van der Waals surface area contributed by atoms with E-state index in [0.29, 0.717) is 5.02 Å². The van der Waals surface area contributed by atoms with E-state index in [4.69, 9.17) is 22.3 Å². The number of pyridine rings is 1. The van der Waals surface area contributed by atoms with Crippen LogP contribution in [0.3, 0.4) is 0 Å². The summed E-state index contributed by atoms with van der Waals surface area (Å²) < 4.78 is 0. The molecule has 0 aliphatic carbocycles. The molecule has 3 N–H and O–H groups in total. The van der Waals surface area contributed by atoms with Gasteiger partial charge in [-0.25, -0.2) is 4.98 Å². The second kappa shape index (κ2) is 7.13. The topological polar surface area (TPSA) is 67.6 Å². The monoisotopic (exact) mass is 388 g/mol. The van der Waals surface area contributed by atoms with Crippen LogP contribution in [0.2, 0.25) is 5.02 Å². The number of nitrogen functional groups attached to an aromatic ring is 1. The highest BCUT2D eigenvalue weighted by Gasteiger charge is 2.19. The average Bonchev–Trinajstić information content (AvgIpc) is 3.12. The first-order valence-corrected chi connectivity index (χ1v) is 9.46. The Morgan fingerprint density at radius 1 is 0.893 bits per heavy atom. The van der Waals surface area contributed by atoms with Crippen LogP contribution in [0.1, 0.15) is 16.7 Å². The lowest BCUT2D eigenvalue weighted by Crippen LogP contribution is -1.99. The second-order valence-electron chi connectivity index (χ2n) is 6.98. The number of nitrogens with zero attached hydrogens (tertiary/aromatic N) is 2. The number of anilines is 1. The molecule has 5 heteroatoms. The van der Waals surface area contributed by atoms with Crippen molar-refractivity contribution in [2.24, 2.45) is 0 Å². The van der Waals surface area contributed by atoms with Gasteiger partial charge in [0.15, 0.2) is 0 Å². The SMILES string of the molecule is Cc1cc(C)c(-c2nc(-c3ccc(Cl)cc3)c(-c3ccncc3)[nH]2)c(C)c1N. The summed E-state index contributed by atoms with van der Waals surface area (Å²) in [6, 6.07) is 13.8. The Kier molecular flexibility index (Phi) is 4.65. The van der Waals surface area contributed by atoms with Gasteiger partial charge >= 0.3 is 0 Å². The van der Waals surface area contributed by atoms with Gasteiger partial charge in [-0.3, -0.25) is 4.98 Å². The molecule has 0 aliphatic heterocycles. The minimum atomic E-state index is 0.697. The van der Waals surface area contributed by atoms with Crippen molar-refractivity contribution in [1.82, 2.24) is 15.0 Å². The Bertz CT molecular complexity index is 1150. The van der Waals surface area contributed by atoms with Crippen molar-refractivity contribution in [3.63, 3.8) is 0 Å². The molecule has 4 nitrogen and oxygen atoms in total. The maximum absolute atomic E-state index is 6.31. The van der Waals surface area contributed by atoms with Gasteiger partial charge in [-0.15, -0.1) is 0 Å². The Morgan fingerprint density at radius 3 is 2.25 bits per heavy atom. The molecule has 28 heavy (non-hydrogen) atoms. The van der Waals surface area contributed by atoms with Crippen molar-refractivity contribution in [2.75, 3.05) is 5.73 Å². The smallest absolute Gasteiger partial charge is 0.139 e. The standard InChI is InChI=1S/C23H21ClN4/c1-13-12-14(2)20(25)15(3)19(13)23-27-21(16-4-6-18(24)7-5-16)22(28-23)17-8-10-26-11-9-17/h4-12H,25H2,1-3H3,(H,27,28). The molecule has 140 valence electrons. The quantitative estimate of drug-likeness (QED) is 0.425. The molecule has 2 aromatic heterocycles. The van der Waals surface area contributed by atoms with Crippen LogP contribution < -0.4 is 5.73 Å². The fourth-order valence-electron chi connectivity index (χ4n) is 3.60. The Balaban J connectivity index is 1.97. The lowest BCUT2D eigenvalue weighted by molar-refractivity contribution is 1.24. The number of aromatic nitrogens is 3. The Hall–Kier alpha value is -3.11. The maximum atomic E-state index is 6.31. The van der Waals surface area contributed by atoms with Crippen LogP contribution in [0, 0.1) is 20.8 Å². The van der Waals surface area contributed by atoms with Crippen LogP contribution in [0.15, 0.2) is 54.9 Å². The van der Waals surface area contributed by atoms with Crippen LogP contribution in [0.25, 0.3) is 33.9 Å². The number of halogens is 1. The van der Waals surface area contributed by atoms with E-state index >= 15 is 0 Å². The van der Waals surface area contributed by atoms with Gasteiger partial charge in [0, 0.05) is 39.8 Å². The summed E-state index contributed by atoms with van der Waals surface area (Å²) in [7, 11) is 0. The van der Waals surface area contributed by atoms with Crippen molar-refractivity contribution < 1.29 is 0 Å². The number of benzene rings is 2. The first kappa shape index (κ1) is 18.3. The molecule has 4 rings (SSSR count). The summed E-state index contributed by atoms with van der Waals surface area (Å²) in [6.07, 6.45) is 3.56. The summed E-state index contributed by atoms with van der Waals surface area (Å²) >= 11 is 6.08. The van der Waals surface area contributed by atoms with Crippen molar-refractivity contribution >= 4 is 17.3 Å². The predicted molar refractivity (Wildman–Crippen MR) is 116 cm³/mol. The molecular weight excluding hydrogens is 368 g/mol. The molecule has 0 saturated carbocycles. The largest absolute Gasteiger partial charge is 0.398 e. The second-order valence-corrected chi connectivity index (χ2v) is 7.41. The van der Waals surface area contributed by atoms with Crippen LogP contribution >= 0.6 is 11.6 Å². The van der Waals surface area contributed by atoms with E-state index < -0.39 is 0 Å². The van der Waals surface area contributed by atoms with Crippen molar-refractivity contribution in [2.45, 2.75) is 20.8 Å². The number of nitrogens with two attached hydrogens (primary N) is 1. The van der Waals surface area contributed by atoms with Crippen LogP contribution in [-0.2, 0) is 0 Å². The van der Waals surface area contributed by atoms with E-state index in [9.17, 15) is 0 Å². The fourth-order valence-corrected chi connectivity index (χ4v) is 3.73. The van der Waals surface area contributed by atoms with Gasteiger partial charge in [0.05, 0.1) is 11.4 Å². The van der Waals surface area contributed by atoms with Crippen LogP contribution in [-0.4, -0.2) is 15.0 Å². The van der Waals surface area contributed by atoms with E-state index in [1.54, 1.807) is 12.4 Å². The number of H-pyrrole nitrogens is 1. The molecule has 0 fully saturated rings.